The second-order valence-electron chi connectivity index (χ2n) is 8.10. The molecule has 0 saturated carbocycles. The smallest absolute Gasteiger partial charge is 0.289 e. The number of carbonyl (C=O) groups excluding carboxylic acids is 2. The second-order valence-corrected chi connectivity index (χ2v) is 9.82. The van der Waals surface area contributed by atoms with Crippen molar-refractivity contribution in [2.24, 2.45) is 5.92 Å². The molecule has 1 N–H and O–H groups in total. The molecule has 0 aliphatic carbocycles. The fourth-order valence-corrected chi connectivity index (χ4v) is 5.61. The molecule has 1 aromatic carbocycles. The molecule has 1 atom stereocenters. The van der Waals surface area contributed by atoms with Gasteiger partial charge in [0.15, 0.2) is 5.76 Å². The minimum absolute atomic E-state index is 0.0429. The molecular formula is C22H27N3O5S. The maximum Gasteiger partial charge on any atom is 0.289 e. The molecule has 2 fully saturated rings. The molecule has 1 unspecified atom stereocenters. The van der Waals surface area contributed by atoms with Gasteiger partial charge in [-0.2, -0.15) is 0 Å². The van der Waals surface area contributed by atoms with Gasteiger partial charge in [0.2, 0.25) is 15.9 Å². The van der Waals surface area contributed by atoms with Crippen LogP contribution in [0.4, 0.5) is 0 Å². The third kappa shape index (κ3) is 4.99. The lowest BCUT2D eigenvalue weighted by atomic mass is 9.95. The monoisotopic (exact) mass is 445 g/mol. The molecule has 0 spiro atoms. The molecule has 31 heavy (non-hydrogen) atoms. The molecule has 2 aliphatic rings. The van der Waals surface area contributed by atoms with E-state index in [-0.39, 0.29) is 28.7 Å². The number of nitrogens with zero attached hydrogens (tertiary/aromatic N) is 2. The Balaban J connectivity index is 1.30. The number of furan rings is 1. The highest BCUT2D eigenvalue weighted by molar-refractivity contribution is 7.89. The minimum Gasteiger partial charge on any atom is -0.459 e. The fourth-order valence-electron chi connectivity index (χ4n) is 4.28. The van der Waals surface area contributed by atoms with Crippen LogP contribution in [0.5, 0.6) is 0 Å². The van der Waals surface area contributed by atoms with Gasteiger partial charge in [-0.05, 0) is 49.9 Å². The van der Waals surface area contributed by atoms with Gasteiger partial charge in [0.1, 0.15) is 0 Å². The number of hydrogen-bond donors (Lipinski definition) is 1. The number of amides is 2. The number of piperidine rings is 2. The van der Waals surface area contributed by atoms with E-state index in [1.807, 2.05) is 0 Å². The van der Waals surface area contributed by atoms with Crippen molar-refractivity contribution in [3.05, 3.63) is 54.5 Å². The van der Waals surface area contributed by atoms with Crippen molar-refractivity contribution in [1.29, 1.82) is 0 Å². The molecule has 2 amide bonds. The normalized spacial score (nSPS) is 20.6. The Kier molecular flexibility index (Phi) is 6.43. The molecule has 166 valence electrons. The zero-order chi connectivity index (χ0) is 21.8. The largest absolute Gasteiger partial charge is 0.459 e. The predicted molar refractivity (Wildman–Crippen MR) is 114 cm³/mol. The van der Waals surface area contributed by atoms with E-state index in [0.29, 0.717) is 44.8 Å². The predicted octanol–water partition coefficient (Wildman–Crippen LogP) is 2.10. The van der Waals surface area contributed by atoms with Crippen LogP contribution in [0, 0.1) is 5.92 Å². The fraction of sp³-hybridized carbons (Fsp3) is 0.455. The Bertz CT molecular complexity index is 999. The Labute approximate surface area is 182 Å². The van der Waals surface area contributed by atoms with E-state index in [4.69, 9.17) is 4.42 Å². The van der Waals surface area contributed by atoms with Gasteiger partial charge in [-0.3, -0.25) is 9.59 Å². The zero-order valence-electron chi connectivity index (χ0n) is 17.3. The second kappa shape index (κ2) is 9.23. The molecule has 2 aromatic rings. The lowest BCUT2D eigenvalue weighted by Gasteiger charge is -2.37. The summed E-state index contributed by atoms with van der Waals surface area (Å²) >= 11 is 0. The van der Waals surface area contributed by atoms with Crippen molar-refractivity contribution in [2.45, 2.75) is 36.6 Å². The van der Waals surface area contributed by atoms with Gasteiger partial charge in [0, 0.05) is 32.2 Å². The van der Waals surface area contributed by atoms with Crippen molar-refractivity contribution >= 4 is 21.8 Å². The summed E-state index contributed by atoms with van der Waals surface area (Å²) in [5, 5.41) is 0. The van der Waals surface area contributed by atoms with Gasteiger partial charge >= 0.3 is 0 Å². The Morgan fingerprint density at radius 2 is 1.68 bits per heavy atom. The molecular weight excluding hydrogens is 418 g/mol. The highest BCUT2D eigenvalue weighted by Crippen LogP contribution is 2.23. The van der Waals surface area contributed by atoms with Crippen LogP contribution < -0.4 is 4.72 Å². The first kappa shape index (κ1) is 21.6. The van der Waals surface area contributed by atoms with Crippen LogP contribution in [-0.4, -0.2) is 62.3 Å². The summed E-state index contributed by atoms with van der Waals surface area (Å²) in [5.41, 5.74) is 0. The molecule has 0 bridgehead atoms. The first-order chi connectivity index (χ1) is 14.9. The number of rotatable bonds is 5. The van der Waals surface area contributed by atoms with Crippen molar-refractivity contribution < 1.29 is 22.4 Å². The summed E-state index contributed by atoms with van der Waals surface area (Å²) in [4.78, 5) is 29.3. The lowest BCUT2D eigenvalue weighted by molar-refractivity contribution is -0.138. The zero-order valence-corrected chi connectivity index (χ0v) is 18.1. The molecule has 2 saturated heterocycles. The van der Waals surface area contributed by atoms with Gasteiger partial charge in [0.25, 0.3) is 5.91 Å². The SMILES string of the molecule is O=C(c1ccco1)N1CCCC(C(=O)N2CCC(NS(=O)(=O)c3ccccc3)CC2)C1. The lowest BCUT2D eigenvalue weighted by Crippen LogP contribution is -2.51. The van der Waals surface area contributed by atoms with E-state index in [1.54, 1.807) is 52.3 Å². The highest BCUT2D eigenvalue weighted by Gasteiger charge is 2.34. The maximum absolute atomic E-state index is 13.0. The van der Waals surface area contributed by atoms with E-state index < -0.39 is 10.0 Å². The first-order valence-electron chi connectivity index (χ1n) is 10.6. The van der Waals surface area contributed by atoms with Crippen LogP contribution in [-0.2, 0) is 14.8 Å². The third-order valence-corrected chi connectivity index (χ3v) is 7.51. The Morgan fingerprint density at radius 3 is 2.35 bits per heavy atom. The van der Waals surface area contributed by atoms with Crippen LogP contribution in [0.25, 0.3) is 0 Å². The average Bonchev–Trinajstić information content (AvgIpc) is 3.34. The van der Waals surface area contributed by atoms with Crippen molar-refractivity contribution in [3.8, 4) is 0 Å². The number of nitrogens with one attached hydrogen (secondary N) is 1. The Morgan fingerprint density at radius 1 is 0.935 bits per heavy atom. The number of hydrogen-bond acceptors (Lipinski definition) is 5. The average molecular weight is 446 g/mol. The minimum atomic E-state index is -3.56. The molecule has 9 heteroatoms. The van der Waals surface area contributed by atoms with E-state index in [0.717, 1.165) is 12.8 Å². The standard InChI is InChI=1S/C22H27N3O5S/c26-21(17-6-4-12-25(16-17)22(27)20-9-5-15-30-20)24-13-10-18(11-14-24)23-31(28,29)19-7-2-1-3-8-19/h1-3,5,7-9,15,17-18,23H,4,6,10-14,16H2. The van der Waals surface area contributed by atoms with Crippen LogP contribution in [0.1, 0.15) is 36.2 Å². The van der Waals surface area contributed by atoms with E-state index in [1.165, 1.54) is 6.26 Å². The summed E-state index contributed by atoms with van der Waals surface area (Å²) < 4.78 is 33.0. The molecule has 8 nitrogen and oxygen atoms in total. The molecule has 4 rings (SSSR count). The van der Waals surface area contributed by atoms with Gasteiger partial charge in [-0.25, -0.2) is 13.1 Å². The van der Waals surface area contributed by atoms with Gasteiger partial charge in [0.05, 0.1) is 17.1 Å². The number of benzene rings is 1. The van der Waals surface area contributed by atoms with E-state index in [9.17, 15) is 18.0 Å². The number of likely N-dealkylation sites (tertiary alicyclic amines) is 2. The summed E-state index contributed by atoms with van der Waals surface area (Å²) in [6, 6.07) is 11.4. The highest BCUT2D eigenvalue weighted by atomic mass is 32.2. The van der Waals surface area contributed by atoms with Crippen LogP contribution in [0.2, 0.25) is 0 Å². The Hall–Kier alpha value is -2.65. The molecule has 2 aliphatic heterocycles. The van der Waals surface area contributed by atoms with Gasteiger partial charge in [-0.15, -0.1) is 0 Å². The summed E-state index contributed by atoms with van der Waals surface area (Å²) in [6.07, 6.45) is 4.13. The van der Waals surface area contributed by atoms with Crippen molar-refractivity contribution in [1.82, 2.24) is 14.5 Å². The van der Waals surface area contributed by atoms with Crippen molar-refractivity contribution in [2.75, 3.05) is 26.2 Å². The third-order valence-electron chi connectivity index (χ3n) is 5.97. The van der Waals surface area contributed by atoms with Crippen LogP contribution in [0.15, 0.2) is 58.0 Å². The quantitative estimate of drug-likeness (QED) is 0.760. The number of sulfonamides is 1. The molecule has 0 radical (unpaired) electrons. The number of carbonyl (C=O) groups is 2. The van der Waals surface area contributed by atoms with Gasteiger partial charge < -0.3 is 14.2 Å². The maximum atomic E-state index is 13.0. The summed E-state index contributed by atoms with van der Waals surface area (Å²) in [5.74, 6) is -0.0809. The molecule has 1 aromatic heterocycles. The topological polar surface area (TPSA) is 99.9 Å². The van der Waals surface area contributed by atoms with Crippen LogP contribution >= 0.6 is 0 Å². The summed E-state index contributed by atoms with van der Waals surface area (Å²) in [6.45, 7) is 2.01. The molecule has 3 heterocycles. The van der Waals surface area contributed by atoms with Gasteiger partial charge in [-0.1, -0.05) is 18.2 Å². The van der Waals surface area contributed by atoms with E-state index in [2.05, 4.69) is 4.72 Å². The van der Waals surface area contributed by atoms with Crippen LogP contribution in [0.3, 0.4) is 0 Å². The summed E-state index contributed by atoms with van der Waals surface area (Å²) in [7, 11) is -3.56. The first-order valence-corrected chi connectivity index (χ1v) is 12.1. The van der Waals surface area contributed by atoms with E-state index >= 15 is 0 Å². The van der Waals surface area contributed by atoms with Crippen molar-refractivity contribution in [3.63, 3.8) is 0 Å².